The minimum atomic E-state index is -0.142. The molecule has 1 N–H and O–H groups in total. The molecule has 29 heavy (non-hydrogen) atoms. The Morgan fingerprint density at radius 3 is 2.79 bits per heavy atom. The lowest BCUT2D eigenvalue weighted by Crippen LogP contribution is -2.15. The molecular weight excluding hydrogens is 476 g/mol. The molecule has 0 saturated heterocycles. The molecule has 3 rings (SSSR count). The minimum absolute atomic E-state index is 0.142. The Labute approximate surface area is 187 Å². The molecule has 1 aromatic heterocycles. The van der Waals surface area contributed by atoms with Crippen LogP contribution >= 0.6 is 39.3 Å². The van der Waals surface area contributed by atoms with Gasteiger partial charge >= 0.3 is 0 Å². The average molecular weight is 496 g/mol. The highest BCUT2D eigenvalue weighted by Gasteiger charge is 2.14. The second kappa shape index (κ2) is 10.1. The first kappa shape index (κ1) is 21.7. The summed E-state index contributed by atoms with van der Waals surface area (Å²) < 4.78 is 8.61. The fraction of sp³-hybridized carbons (Fsp3) is 0.250. The van der Waals surface area contributed by atoms with Gasteiger partial charge < -0.3 is 14.6 Å². The number of rotatable bonds is 8. The van der Waals surface area contributed by atoms with Gasteiger partial charge in [0.05, 0.1) is 10.8 Å². The third-order valence-electron chi connectivity index (χ3n) is 4.10. The Morgan fingerprint density at radius 2 is 2.07 bits per heavy atom. The molecule has 1 amide bonds. The van der Waals surface area contributed by atoms with Gasteiger partial charge in [-0.15, -0.1) is 10.2 Å². The van der Waals surface area contributed by atoms with Crippen LogP contribution in [-0.4, -0.2) is 26.4 Å². The van der Waals surface area contributed by atoms with Crippen molar-refractivity contribution in [2.24, 2.45) is 0 Å². The Hall–Kier alpha value is -2.03. The molecule has 0 aliphatic heterocycles. The number of anilines is 1. The van der Waals surface area contributed by atoms with Crippen LogP contribution in [0.3, 0.4) is 0 Å². The van der Waals surface area contributed by atoms with Crippen molar-refractivity contribution in [3.05, 3.63) is 63.3 Å². The lowest BCUT2D eigenvalue weighted by molar-refractivity contribution is -0.113. The van der Waals surface area contributed by atoms with Crippen LogP contribution < -0.4 is 10.1 Å². The van der Waals surface area contributed by atoms with Crippen molar-refractivity contribution in [2.75, 3.05) is 11.1 Å². The summed E-state index contributed by atoms with van der Waals surface area (Å²) >= 11 is 10.7. The van der Waals surface area contributed by atoms with Crippen molar-refractivity contribution in [2.45, 2.75) is 32.2 Å². The van der Waals surface area contributed by atoms with Gasteiger partial charge in [-0.05, 0) is 59.6 Å². The summed E-state index contributed by atoms with van der Waals surface area (Å²) in [6, 6.07) is 13.1. The number of carbonyl (C=O) groups excluding carboxylic acids is 1. The first-order valence-electron chi connectivity index (χ1n) is 8.96. The molecule has 0 aliphatic rings. The number of hydrogen-bond donors (Lipinski definition) is 1. The summed E-state index contributed by atoms with van der Waals surface area (Å²) in [4.78, 5) is 12.3. The van der Waals surface area contributed by atoms with Crippen LogP contribution in [0.25, 0.3) is 0 Å². The number of ether oxygens (including phenoxy) is 1. The van der Waals surface area contributed by atoms with Crippen molar-refractivity contribution in [1.29, 1.82) is 0 Å². The van der Waals surface area contributed by atoms with E-state index in [2.05, 4.69) is 31.4 Å². The maximum atomic E-state index is 12.3. The summed E-state index contributed by atoms with van der Waals surface area (Å²) in [5.41, 5.74) is 1.71. The van der Waals surface area contributed by atoms with Crippen molar-refractivity contribution in [1.82, 2.24) is 14.8 Å². The van der Waals surface area contributed by atoms with Gasteiger partial charge in [0.2, 0.25) is 5.91 Å². The zero-order valence-corrected chi connectivity index (χ0v) is 19.1. The Kier molecular flexibility index (Phi) is 7.57. The maximum Gasteiger partial charge on any atom is 0.234 e. The summed E-state index contributed by atoms with van der Waals surface area (Å²) in [6.07, 6.45) is 0. The quantitative estimate of drug-likeness (QED) is 0.428. The van der Waals surface area contributed by atoms with Crippen LogP contribution in [-0.2, 0) is 17.9 Å². The highest BCUT2D eigenvalue weighted by Crippen LogP contribution is 2.26. The van der Waals surface area contributed by atoms with Crippen molar-refractivity contribution >= 4 is 50.9 Å². The normalized spacial score (nSPS) is 10.8. The second-order valence-electron chi connectivity index (χ2n) is 6.16. The lowest BCUT2D eigenvalue weighted by Gasteiger charge is -2.10. The maximum absolute atomic E-state index is 12.3. The van der Waals surface area contributed by atoms with Crippen LogP contribution in [0.2, 0.25) is 5.02 Å². The minimum Gasteiger partial charge on any atom is -0.485 e. The molecule has 9 heteroatoms. The number of aromatic nitrogens is 3. The number of amides is 1. The molecule has 2 aromatic carbocycles. The van der Waals surface area contributed by atoms with Gasteiger partial charge in [-0.1, -0.05) is 41.6 Å². The van der Waals surface area contributed by atoms with Gasteiger partial charge in [0.25, 0.3) is 0 Å². The topological polar surface area (TPSA) is 69.0 Å². The standard InChI is InChI=1S/C20H20BrClN4O2S/c1-3-26-18(11-28-17-7-5-4-6-13(17)2)24-25-20(26)29-12-19(27)23-14-8-9-15(21)16(22)10-14/h4-10H,3,11-12H2,1-2H3,(H,23,27). The van der Waals surface area contributed by atoms with E-state index in [1.807, 2.05) is 42.7 Å². The third kappa shape index (κ3) is 5.74. The first-order chi connectivity index (χ1) is 14.0. The van der Waals surface area contributed by atoms with Crippen LogP contribution in [0.1, 0.15) is 18.3 Å². The molecule has 0 unspecified atom stereocenters. The molecule has 1 heterocycles. The highest BCUT2D eigenvalue weighted by atomic mass is 79.9. The number of para-hydroxylation sites is 1. The molecule has 152 valence electrons. The summed E-state index contributed by atoms with van der Waals surface area (Å²) in [5, 5.41) is 12.5. The molecule has 3 aromatic rings. The first-order valence-corrected chi connectivity index (χ1v) is 11.1. The van der Waals surface area contributed by atoms with E-state index in [0.717, 1.165) is 21.6 Å². The summed E-state index contributed by atoms with van der Waals surface area (Å²) in [7, 11) is 0. The molecule has 0 atom stereocenters. The lowest BCUT2D eigenvalue weighted by atomic mass is 10.2. The van der Waals surface area contributed by atoms with Gasteiger partial charge in [0, 0.05) is 16.7 Å². The van der Waals surface area contributed by atoms with Crippen molar-refractivity contribution < 1.29 is 9.53 Å². The monoisotopic (exact) mass is 494 g/mol. The number of thioether (sulfide) groups is 1. The van der Waals surface area contributed by atoms with Gasteiger partial charge in [-0.25, -0.2) is 0 Å². The number of nitrogens with zero attached hydrogens (tertiary/aromatic N) is 3. The van der Waals surface area contributed by atoms with Gasteiger partial charge in [-0.3, -0.25) is 4.79 Å². The molecule has 0 bridgehead atoms. The predicted molar refractivity (Wildman–Crippen MR) is 120 cm³/mol. The van der Waals surface area contributed by atoms with E-state index in [1.54, 1.807) is 18.2 Å². The fourth-order valence-corrected chi connectivity index (χ4v) is 3.86. The van der Waals surface area contributed by atoms with Crippen LogP contribution in [0.5, 0.6) is 5.75 Å². The van der Waals surface area contributed by atoms with Crippen LogP contribution in [0, 0.1) is 6.92 Å². The summed E-state index contributed by atoms with van der Waals surface area (Å²) in [6.45, 7) is 5.01. The Balaban J connectivity index is 1.59. The molecular formula is C20H20BrClN4O2S. The average Bonchev–Trinajstić information content (AvgIpc) is 3.10. The number of nitrogens with one attached hydrogen (secondary N) is 1. The molecule has 0 spiro atoms. The smallest absolute Gasteiger partial charge is 0.234 e. The number of halogens is 2. The van der Waals surface area contributed by atoms with Crippen molar-refractivity contribution in [3.8, 4) is 5.75 Å². The van der Waals surface area contributed by atoms with E-state index in [-0.39, 0.29) is 11.7 Å². The van der Waals surface area contributed by atoms with Gasteiger partial charge in [0.1, 0.15) is 12.4 Å². The van der Waals surface area contributed by atoms with Crippen molar-refractivity contribution in [3.63, 3.8) is 0 Å². The fourth-order valence-electron chi connectivity index (χ4n) is 2.61. The van der Waals surface area contributed by atoms with Crippen LogP contribution in [0.4, 0.5) is 5.69 Å². The zero-order valence-electron chi connectivity index (χ0n) is 16.0. The zero-order chi connectivity index (χ0) is 20.8. The Morgan fingerprint density at radius 1 is 1.28 bits per heavy atom. The number of carbonyl (C=O) groups is 1. The molecule has 0 fully saturated rings. The molecule has 0 saturated carbocycles. The highest BCUT2D eigenvalue weighted by molar-refractivity contribution is 9.10. The molecule has 0 aliphatic carbocycles. The SMILES string of the molecule is CCn1c(COc2ccccc2C)nnc1SCC(=O)Nc1ccc(Br)c(Cl)c1. The third-order valence-corrected chi connectivity index (χ3v) is 6.30. The van der Waals surface area contributed by atoms with Gasteiger partial charge in [0.15, 0.2) is 11.0 Å². The van der Waals surface area contributed by atoms with E-state index in [9.17, 15) is 4.79 Å². The number of benzene rings is 2. The predicted octanol–water partition coefficient (Wildman–Crippen LogP) is 5.33. The molecule has 6 nitrogen and oxygen atoms in total. The van der Waals surface area contributed by atoms with E-state index >= 15 is 0 Å². The van der Waals surface area contributed by atoms with E-state index < -0.39 is 0 Å². The number of aryl methyl sites for hydroxylation is 1. The second-order valence-corrected chi connectivity index (χ2v) is 8.37. The van der Waals surface area contributed by atoms with E-state index in [1.165, 1.54) is 11.8 Å². The molecule has 0 radical (unpaired) electrons. The number of hydrogen-bond acceptors (Lipinski definition) is 5. The van der Waals surface area contributed by atoms with E-state index in [0.29, 0.717) is 29.0 Å². The van der Waals surface area contributed by atoms with Gasteiger partial charge in [-0.2, -0.15) is 0 Å². The largest absolute Gasteiger partial charge is 0.485 e. The van der Waals surface area contributed by atoms with E-state index in [4.69, 9.17) is 16.3 Å². The summed E-state index contributed by atoms with van der Waals surface area (Å²) in [5.74, 6) is 1.61. The van der Waals surface area contributed by atoms with Crippen LogP contribution in [0.15, 0.2) is 52.1 Å². The Bertz CT molecular complexity index is 1010.